The van der Waals surface area contributed by atoms with Crippen LogP contribution in [0.1, 0.15) is 29.5 Å². The fourth-order valence-electron chi connectivity index (χ4n) is 5.17. The fourth-order valence-corrected chi connectivity index (χ4v) is 6.86. The highest BCUT2D eigenvalue weighted by atomic mass is 32.2. The SMILES string of the molecule is Cc1ccc(-c2nnc(-c3ccccc3)[nH]2)cc1S(=O)(=O)N1CCC2(CC1)OCc1ccccc12. The number of ether oxygens (including phenoxy) is 1. The van der Waals surface area contributed by atoms with Gasteiger partial charge in [-0.15, -0.1) is 10.2 Å². The van der Waals surface area contributed by atoms with Crippen LogP contribution in [0.5, 0.6) is 0 Å². The van der Waals surface area contributed by atoms with Gasteiger partial charge in [-0.1, -0.05) is 66.7 Å². The third-order valence-corrected chi connectivity index (χ3v) is 9.20. The van der Waals surface area contributed by atoms with E-state index in [4.69, 9.17) is 4.74 Å². The molecule has 1 spiro atoms. The Morgan fingerprint density at radius 2 is 1.57 bits per heavy atom. The summed E-state index contributed by atoms with van der Waals surface area (Å²) in [7, 11) is -3.68. The van der Waals surface area contributed by atoms with Crippen LogP contribution in [0.3, 0.4) is 0 Å². The summed E-state index contributed by atoms with van der Waals surface area (Å²) >= 11 is 0. The van der Waals surface area contributed by atoms with E-state index in [2.05, 4.69) is 27.3 Å². The highest BCUT2D eigenvalue weighted by molar-refractivity contribution is 7.89. The maximum absolute atomic E-state index is 13.7. The first-order valence-corrected chi connectivity index (χ1v) is 13.2. The van der Waals surface area contributed by atoms with Crippen LogP contribution in [-0.2, 0) is 27.0 Å². The van der Waals surface area contributed by atoms with Gasteiger partial charge in [0.2, 0.25) is 10.0 Å². The number of aryl methyl sites for hydroxylation is 1. The summed E-state index contributed by atoms with van der Waals surface area (Å²) in [5.74, 6) is 1.18. The van der Waals surface area contributed by atoms with Gasteiger partial charge in [-0.25, -0.2) is 8.42 Å². The number of nitrogens with one attached hydrogen (secondary N) is 1. The number of sulfonamides is 1. The third-order valence-electron chi connectivity index (χ3n) is 7.16. The van der Waals surface area contributed by atoms with E-state index in [-0.39, 0.29) is 5.60 Å². The van der Waals surface area contributed by atoms with Crippen LogP contribution in [-0.4, -0.2) is 41.0 Å². The van der Waals surface area contributed by atoms with Gasteiger partial charge in [-0.2, -0.15) is 4.31 Å². The molecule has 4 aromatic rings. The Morgan fingerprint density at radius 3 is 2.34 bits per heavy atom. The average Bonchev–Trinajstić information content (AvgIpc) is 3.52. The normalized spacial score (nSPS) is 17.5. The second kappa shape index (κ2) is 8.41. The second-order valence-corrected chi connectivity index (χ2v) is 11.1. The topological polar surface area (TPSA) is 88.2 Å². The number of rotatable bonds is 4. The second-order valence-electron chi connectivity index (χ2n) is 9.21. The number of aromatic amines is 1. The molecule has 0 amide bonds. The Morgan fingerprint density at radius 1 is 0.886 bits per heavy atom. The van der Waals surface area contributed by atoms with Crippen molar-refractivity contribution >= 4 is 10.0 Å². The van der Waals surface area contributed by atoms with Gasteiger partial charge in [-0.05, 0) is 42.5 Å². The molecule has 8 heteroatoms. The number of benzene rings is 3. The lowest BCUT2D eigenvalue weighted by molar-refractivity contribution is -0.0689. The lowest BCUT2D eigenvalue weighted by atomic mass is 9.84. The summed E-state index contributed by atoms with van der Waals surface area (Å²) in [4.78, 5) is 3.52. The van der Waals surface area contributed by atoms with Crippen molar-refractivity contribution in [1.29, 1.82) is 0 Å². The molecule has 1 fully saturated rings. The van der Waals surface area contributed by atoms with Gasteiger partial charge in [0.05, 0.1) is 17.1 Å². The van der Waals surface area contributed by atoms with Crippen molar-refractivity contribution in [3.05, 3.63) is 89.5 Å². The van der Waals surface area contributed by atoms with Crippen LogP contribution >= 0.6 is 0 Å². The van der Waals surface area contributed by atoms with Crippen LogP contribution in [0, 0.1) is 6.92 Å². The van der Waals surface area contributed by atoms with Gasteiger partial charge < -0.3 is 9.72 Å². The minimum atomic E-state index is -3.68. The maximum atomic E-state index is 13.7. The molecule has 1 saturated heterocycles. The standard InChI is InChI=1S/C27H26N4O3S/c1-19-11-12-21(26-28-25(29-30-26)20-7-3-2-4-8-20)17-24(19)35(32,33)31-15-13-27(14-16-31)23-10-6-5-9-22(23)18-34-27/h2-12,17H,13-16,18H2,1H3,(H,28,29,30). The monoisotopic (exact) mass is 486 g/mol. The van der Waals surface area contributed by atoms with E-state index >= 15 is 0 Å². The third kappa shape index (κ3) is 3.78. The molecule has 1 aromatic heterocycles. The molecule has 0 bridgehead atoms. The van der Waals surface area contributed by atoms with Crippen molar-refractivity contribution in [2.45, 2.75) is 36.9 Å². The van der Waals surface area contributed by atoms with Crippen LogP contribution in [0.25, 0.3) is 22.8 Å². The molecule has 35 heavy (non-hydrogen) atoms. The van der Waals surface area contributed by atoms with Crippen LogP contribution < -0.4 is 0 Å². The Bertz CT molecular complexity index is 1490. The number of aromatic nitrogens is 3. The van der Waals surface area contributed by atoms with Gasteiger partial charge in [0.1, 0.15) is 0 Å². The summed E-state index contributed by atoms with van der Waals surface area (Å²) in [6, 6.07) is 23.4. The van der Waals surface area contributed by atoms with Gasteiger partial charge in [0, 0.05) is 24.2 Å². The van der Waals surface area contributed by atoms with E-state index in [1.165, 1.54) is 11.1 Å². The van der Waals surface area contributed by atoms with E-state index in [1.807, 2.05) is 61.5 Å². The number of hydrogen-bond donors (Lipinski definition) is 1. The minimum Gasteiger partial charge on any atom is -0.365 e. The smallest absolute Gasteiger partial charge is 0.243 e. The molecular weight excluding hydrogens is 460 g/mol. The number of hydrogen-bond acceptors (Lipinski definition) is 5. The molecule has 2 aliphatic rings. The largest absolute Gasteiger partial charge is 0.365 e. The summed E-state index contributed by atoms with van der Waals surface area (Å²) in [5, 5.41) is 8.51. The molecule has 7 nitrogen and oxygen atoms in total. The Balaban J connectivity index is 1.26. The average molecular weight is 487 g/mol. The molecule has 0 radical (unpaired) electrons. The van der Waals surface area contributed by atoms with Crippen molar-refractivity contribution in [2.75, 3.05) is 13.1 Å². The van der Waals surface area contributed by atoms with Crippen molar-refractivity contribution in [1.82, 2.24) is 19.5 Å². The predicted molar refractivity (Wildman–Crippen MR) is 133 cm³/mol. The van der Waals surface area contributed by atoms with E-state index in [1.54, 1.807) is 10.4 Å². The van der Waals surface area contributed by atoms with E-state index in [9.17, 15) is 8.42 Å². The van der Waals surface area contributed by atoms with Crippen molar-refractivity contribution in [2.24, 2.45) is 0 Å². The molecule has 2 aliphatic heterocycles. The summed E-state index contributed by atoms with van der Waals surface area (Å²) in [6.45, 7) is 3.25. The first-order valence-electron chi connectivity index (χ1n) is 11.8. The van der Waals surface area contributed by atoms with Gasteiger partial charge >= 0.3 is 0 Å². The maximum Gasteiger partial charge on any atom is 0.243 e. The fraction of sp³-hybridized carbons (Fsp3) is 0.259. The quantitative estimate of drug-likeness (QED) is 0.453. The molecular formula is C27H26N4O3S. The summed E-state index contributed by atoms with van der Waals surface area (Å²) in [6.07, 6.45) is 1.29. The highest BCUT2D eigenvalue weighted by Crippen LogP contribution is 2.45. The molecule has 0 unspecified atom stereocenters. The van der Waals surface area contributed by atoms with E-state index in [0.29, 0.717) is 60.2 Å². The zero-order valence-electron chi connectivity index (χ0n) is 19.4. The molecule has 0 saturated carbocycles. The van der Waals surface area contributed by atoms with Gasteiger partial charge in [0.25, 0.3) is 0 Å². The van der Waals surface area contributed by atoms with Crippen LogP contribution in [0.15, 0.2) is 77.7 Å². The minimum absolute atomic E-state index is 0.302. The number of piperidine rings is 1. The summed E-state index contributed by atoms with van der Waals surface area (Å²) < 4.78 is 35.2. The van der Waals surface area contributed by atoms with E-state index < -0.39 is 10.0 Å². The zero-order chi connectivity index (χ0) is 24.0. The van der Waals surface area contributed by atoms with Crippen LogP contribution in [0.2, 0.25) is 0 Å². The van der Waals surface area contributed by atoms with Gasteiger partial charge in [-0.3, -0.25) is 0 Å². The molecule has 178 valence electrons. The Hall–Kier alpha value is -3.33. The number of fused-ring (bicyclic) bond motifs is 2. The number of nitrogens with zero attached hydrogens (tertiary/aromatic N) is 3. The zero-order valence-corrected chi connectivity index (χ0v) is 20.3. The molecule has 6 rings (SSSR count). The Kier molecular flexibility index (Phi) is 5.32. The van der Waals surface area contributed by atoms with Crippen LogP contribution in [0.4, 0.5) is 0 Å². The van der Waals surface area contributed by atoms with Gasteiger partial charge in [0.15, 0.2) is 11.6 Å². The number of H-pyrrole nitrogens is 1. The van der Waals surface area contributed by atoms with Crippen molar-refractivity contribution in [3.8, 4) is 22.8 Å². The molecule has 3 aromatic carbocycles. The van der Waals surface area contributed by atoms with Crippen molar-refractivity contribution < 1.29 is 13.2 Å². The molecule has 3 heterocycles. The Labute approximate surface area is 204 Å². The first-order chi connectivity index (χ1) is 17.0. The van der Waals surface area contributed by atoms with E-state index in [0.717, 1.165) is 5.56 Å². The lowest BCUT2D eigenvalue weighted by Crippen LogP contribution is -2.45. The highest BCUT2D eigenvalue weighted by Gasteiger charge is 2.44. The molecule has 1 N–H and O–H groups in total. The first kappa shape index (κ1) is 22.2. The predicted octanol–water partition coefficient (Wildman–Crippen LogP) is 4.66. The summed E-state index contributed by atoms with van der Waals surface area (Å²) in [5.41, 5.74) is 4.34. The molecule has 0 atom stereocenters. The van der Waals surface area contributed by atoms with Crippen molar-refractivity contribution in [3.63, 3.8) is 0 Å². The molecule has 0 aliphatic carbocycles. The lowest BCUT2D eigenvalue weighted by Gasteiger charge is -2.38.